The van der Waals surface area contributed by atoms with Gasteiger partial charge in [-0.25, -0.2) is 0 Å². The van der Waals surface area contributed by atoms with Crippen molar-refractivity contribution in [2.45, 2.75) is 6.42 Å². The molecule has 0 radical (unpaired) electrons. The Labute approximate surface area is 144 Å². The summed E-state index contributed by atoms with van der Waals surface area (Å²) < 4.78 is 0. The SMILES string of the molecule is O=C1c2ccccc2C2=NCC34CC12CN=C3c1ccccc1C4=O. The van der Waals surface area contributed by atoms with Crippen LogP contribution in [0.1, 0.15) is 38.3 Å². The summed E-state index contributed by atoms with van der Waals surface area (Å²) >= 11 is 0. The van der Waals surface area contributed by atoms with E-state index in [1.807, 2.05) is 48.5 Å². The van der Waals surface area contributed by atoms with Crippen LogP contribution in [-0.4, -0.2) is 36.1 Å². The normalized spacial score (nSPS) is 30.9. The first-order valence-electron chi connectivity index (χ1n) is 8.56. The fourth-order valence-electron chi connectivity index (χ4n) is 5.17. The van der Waals surface area contributed by atoms with Gasteiger partial charge in [0, 0.05) is 22.3 Å². The van der Waals surface area contributed by atoms with Crippen molar-refractivity contribution in [2.24, 2.45) is 20.8 Å². The fraction of sp³-hybridized carbons (Fsp3) is 0.238. The van der Waals surface area contributed by atoms with Crippen LogP contribution in [-0.2, 0) is 0 Å². The summed E-state index contributed by atoms with van der Waals surface area (Å²) in [6.07, 6.45) is 0.499. The van der Waals surface area contributed by atoms with Gasteiger partial charge in [-0.3, -0.25) is 19.6 Å². The Morgan fingerprint density at radius 1 is 0.640 bits per heavy atom. The Morgan fingerprint density at radius 3 is 1.48 bits per heavy atom. The maximum atomic E-state index is 13.3. The molecule has 0 N–H and O–H groups in total. The van der Waals surface area contributed by atoms with Gasteiger partial charge in [0.1, 0.15) is 0 Å². The molecule has 0 amide bonds. The molecule has 2 unspecified atom stereocenters. The Hall–Kier alpha value is -2.88. The van der Waals surface area contributed by atoms with Crippen molar-refractivity contribution < 1.29 is 9.59 Å². The topological polar surface area (TPSA) is 58.9 Å². The number of aliphatic imine (C=N–C) groups is 2. The predicted molar refractivity (Wildman–Crippen MR) is 93.8 cm³/mol. The molecule has 120 valence electrons. The number of Topliss-reactive ketones (excluding diaryl/α,β-unsaturated/α-hetero) is 2. The zero-order chi connectivity index (χ0) is 16.8. The Kier molecular flexibility index (Phi) is 2.16. The van der Waals surface area contributed by atoms with E-state index in [4.69, 9.17) is 9.98 Å². The minimum absolute atomic E-state index is 0.0764. The van der Waals surface area contributed by atoms with Crippen molar-refractivity contribution in [3.8, 4) is 0 Å². The van der Waals surface area contributed by atoms with Crippen molar-refractivity contribution in [3.05, 3.63) is 70.8 Å². The molecule has 0 saturated heterocycles. The molecule has 2 bridgehead atoms. The van der Waals surface area contributed by atoms with E-state index < -0.39 is 10.8 Å². The highest BCUT2D eigenvalue weighted by Crippen LogP contribution is 2.55. The number of carbonyl (C=O) groups excluding carboxylic acids is 2. The summed E-state index contributed by atoms with van der Waals surface area (Å²) in [5, 5.41) is 0. The molecule has 4 nitrogen and oxygen atoms in total. The van der Waals surface area contributed by atoms with Crippen LogP contribution in [0.4, 0.5) is 0 Å². The molecular weight excluding hydrogens is 312 g/mol. The van der Waals surface area contributed by atoms with E-state index in [0.29, 0.717) is 19.5 Å². The predicted octanol–water partition coefficient (Wildman–Crippen LogP) is 2.75. The van der Waals surface area contributed by atoms with Crippen LogP contribution >= 0.6 is 0 Å². The summed E-state index contributed by atoms with van der Waals surface area (Å²) in [6.45, 7) is 0.774. The number of carbonyl (C=O) groups is 2. The fourth-order valence-corrected chi connectivity index (χ4v) is 5.17. The van der Waals surface area contributed by atoms with Crippen LogP contribution < -0.4 is 0 Å². The van der Waals surface area contributed by atoms with E-state index in [1.54, 1.807) is 0 Å². The maximum absolute atomic E-state index is 13.3. The maximum Gasteiger partial charge on any atom is 0.177 e. The lowest BCUT2D eigenvalue weighted by Gasteiger charge is -2.44. The first kappa shape index (κ1) is 13.4. The van der Waals surface area contributed by atoms with Gasteiger partial charge < -0.3 is 0 Å². The number of nitrogens with zero attached hydrogens (tertiary/aromatic N) is 2. The third kappa shape index (κ3) is 1.30. The lowest BCUT2D eigenvalue weighted by molar-refractivity contribution is 0.0753. The molecule has 0 aromatic heterocycles. The molecule has 0 fully saturated rings. The first-order chi connectivity index (χ1) is 12.2. The lowest BCUT2D eigenvalue weighted by atomic mass is 9.61. The van der Waals surface area contributed by atoms with Crippen molar-refractivity contribution >= 4 is 23.0 Å². The number of benzene rings is 2. The number of hydrogen-bond acceptors (Lipinski definition) is 4. The van der Waals surface area contributed by atoms with Crippen molar-refractivity contribution in [1.82, 2.24) is 0 Å². The summed E-state index contributed by atoms with van der Waals surface area (Å²) in [5.74, 6) is 0.153. The molecular formula is C21H14N2O2. The average Bonchev–Trinajstić information content (AvgIpc) is 3.03. The summed E-state index contributed by atoms with van der Waals surface area (Å²) in [4.78, 5) is 36.2. The minimum atomic E-state index is -0.761. The average molecular weight is 326 g/mol. The van der Waals surface area contributed by atoms with E-state index in [1.165, 1.54) is 0 Å². The smallest absolute Gasteiger partial charge is 0.177 e. The van der Waals surface area contributed by atoms with Gasteiger partial charge in [0.05, 0.1) is 35.3 Å². The van der Waals surface area contributed by atoms with Crippen LogP contribution in [0, 0.1) is 10.8 Å². The zero-order valence-corrected chi connectivity index (χ0v) is 13.5. The molecule has 25 heavy (non-hydrogen) atoms. The third-order valence-electron chi connectivity index (χ3n) is 6.25. The molecule has 6 rings (SSSR count). The number of hydrogen-bond donors (Lipinski definition) is 0. The van der Waals surface area contributed by atoms with E-state index in [2.05, 4.69) is 0 Å². The monoisotopic (exact) mass is 326 g/mol. The second-order valence-electron chi connectivity index (χ2n) is 7.42. The second-order valence-corrected chi connectivity index (χ2v) is 7.42. The molecule has 2 atom stereocenters. The van der Waals surface area contributed by atoms with Crippen molar-refractivity contribution in [3.63, 3.8) is 0 Å². The molecule has 2 aromatic carbocycles. The van der Waals surface area contributed by atoms with Crippen molar-refractivity contribution in [2.75, 3.05) is 13.1 Å². The van der Waals surface area contributed by atoms with Gasteiger partial charge in [-0.1, -0.05) is 48.5 Å². The van der Waals surface area contributed by atoms with E-state index >= 15 is 0 Å². The molecule has 2 spiro atoms. The quantitative estimate of drug-likeness (QED) is 0.747. The Balaban J connectivity index is 1.61. The Morgan fingerprint density at radius 2 is 1.04 bits per heavy atom. The molecule has 2 heterocycles. The number of ketones is 2. The molecule has 2 aliphatic carbocycles. The van der Waals surface area contributed by atoms with Gasteiger partial charge in [0.15, 0.2) is 11.6 Å². The zero-order valence-electron chi connectivity index (χ0n) is 13.5. The number of fused-ring (bicyclic) bond motifs is 4. The summed E-state index contributed by atoms with van der Waals surface area (Å²) in [7, 11) is 0. The largest absolute Gasteiger partial charge is 0.293 e. The second kappa shape index (κ2) is 4.02. The molecule has 0 saturated carbocycles. The molecule has 2 aliphatic heterocycles. The lowest BCUT2D eigenvalue weighted by Crippen LogP contribution is -2.55. The van der Waals surface area contributed by atoms with Crippen LogP contribution in [0.3, 0.4) is 0 Å². The number of rotatable bonds is 0. The highest BCUT2D eigenvalue weighted by atomic mass is 16.1. The summed E-state index contributed by atoms with van der Waals surface area (Å²) in [6, 6.07) is 15.3. The highest BCUT2D eigenvalue weighted by molar-refractivity contribution is 6.37. The van der Waals surface area contributed by atoms with Crippen LogP contribution in [0.5, 0.6) is 0 Å². The molecule has 2 aromatic rings. The van der Waals surface area contributed by atoms with Gasteiger partial charge >= 0.3 is 0 Å². The molecule has 4 heteroatoms. The van der Waals surface area contributed by atoms with Gasteiger partial charge in [0.25, 0.3) is 0 Å². The van der Waals surface area contributed by atoms with E-state index in [-0.39, 0.29) is 11.6 Å². The van der Waals surface area contributed by atoms with Crippen LogP contribution in [0.2, 0.25) is 0 Å². The van der Waals surface area contributed by atoms with E-state index in [9.17, 15) is 9.59 Å². The third-order valence-corrected chi connectivity index (χ3v) is 6.25. The summed E-state index contributed by atoms with van der Waals surface area (Å²) in [5.41, 5.74) is 3.44. The van der Waals surface area contributed by atoms with Crippen LogP contribution in [0.15, 0.2) is 58.5 Å². The van der Waals surface area contributed by atoms with Gasteiger partial charge in [-0.05, 0) is 6.42 Å². The van der Waals surface area contributed by atoms with E-state index in [0.717, 1.165) is 33.7 Å². The Bertz CT molecular complexity index is 995. The van der Waals surface area contributed by atoms with Gasteiger partial charge in [0.2, 0.25) is 0 Å². The van der Waals surface area contributed by atoms with Crippen LogP contribution in [0.25, 0.3) is 0 Å². The first-order valence-corrected chi connectivity index (χ1v) is 8.56. The van der Waals surface area contributed by atoms with Gasteiger partial charge in [-0.15, -0.1) is 0 Å². The minimum Gasteiger partial charge on any atom is -0.293 e. The highest BCUT2D eigenvalue weighted by Gasteiger charge is 2.65. The van der Waals surface area contributed by atoms with Crippen molar-refractivity contribution in [1.29, 1.82) is 0 Å². The standard InChI is InChI=1S/C21H14N2O2/c24-18-14-7-3-1-5-12(14)16-20(18)9-21(11-22-16)17(23-10-20)13-6-2-4-8-15(13)19(21)25/h1-8H,9-11H2. The molecule has 4 aliphatic rings. The van der Waals surface area contributed by atoms with Gasteiger partial charge in [-0.2, -0.15) is 0 Å².